The minimum Gasteiger partial charge on any atom is -0.374 e. The van der Waals surface area contributed by atoms with E-state index in [-0.39, 0.29) is 12.0 Å². The number of carbonyl (C=O) groups is 1. The van der Waals surface area contributed by atoms with Crippen LogP contribution >= 0.6 is 11.3 Å². The molecule has 2 aromatic heterocycles. The van der Waals surface area contributed by atoms with Gasteiger partial charge in [0.15, 0.2) is 4.96 Å². The number of thiazole rings is 1. The number of carbonyl (C=O) groups excluding carboxylic acids is 1. The molecule has 1 amide bonds. The first-order chi connectivity index (χ1) is 13.0. The van der Waals surface area contributed by atoms with Crippen LogP contribution in [-0.4, -0.2) is 28.4 Å². The number of fused-ring (bicyclic) bond motifs is 1. The molecule has 0 saturated heterocycles. The van der Waals surface area contributed by atoms with Crippen molar-refractivity contribution in [2.24, 2.45) is 0 Å². The number of aryl methyl sites for hydroxylation is 2. The predicted molar refractivity (Wildman–Crippen MR) is 110 cm³/mol. The van der Waals surface area contributed by atoms with Crippen molar-refractivity contribution >= 4 is 28.3 Å². The third-order valence-corrected chi connectivity index (χ3v) is 5.21. The average molecular weight is 384 g/mol. The van der Waals surface area contributed by atoms with Gasteiger partial charge in [-0.3, -0.25) is 9.20 Å². The lowest BCUT2D eigenvalue weighted by Crippen LogP contribution is -2.23. The Bertz CT molecular complexity index is 928. The molecule has 27 heavy (non-hydrogen) atoms. The molecule has 3 rings (SSSR count). The topological polar surface area (TPSA) is 55.6 Å². The van der Waals surface area contributed by atoms with Crippen LogP contribution < -0.4 is 5.32 Å². The van der Waals surface area contributed by atoms with Crippen LogP contribution in [0.25, 0.3) is 11.0 Å². The molecule has 0 fully saturated rings. The number of ether oxygens (including phenoxy) is 1. The first-order valence-corrected chi connectivity index (χ1v) is 9.94. The monoisotopic (exact) mass is 383 g/mol. The lowest BCUT2D eigenvalue weighted by atomic mass is 10.1. The number of hydrogen-bond acceptors (Lipinski definition) is 4. The largest absolute Gasteiger partial charge is 0.374 e. The summed E-state index contributed by atoms with van der Waals surface area (Å²) in [6.07, 6.45) is 6.27. The third-order valence-electron chi connectivity index (χ3n) is 4.31. The highest BCUT2D eigenvalue weighted by Gasteiger charge is 2.09. The van der Waals surface area contributed by atoms with Crippen LogP contribution in [0.15, 0.2) is 42.6 Å². The Morgan fingerprint density at radius 3 is 2.89 bits per heavy atom. The highest BCUT2D eigenvalue weighted by molar-refractivity contribution is 7.17. The Balaban J connectivity index is 1.42. The molecule has 1 N–H and O–H groups in total. The van der Waals surface area contributed by atoms with Crippen LogP contribution in [0.1, 0.15) is 41.3 Å². The van der Waals surface area contributed by atoms with Gasteiger partial charge in [0.05, 0.1) is 17.5 Å². The van der Waals surface area contributed by atoms with Crippen LogP contribution in [0.4, 0.5) is 0 Å². The van der Waals surface area contributed by atoms with Gasteiger partial charge in [-0.15, -0.1) is 11.3 Å². The fourth-order valence-corrected chi connectivity index (χ4v) is 3.74. The van der Waals surface area contributed by atoms with Gasteiger partial charge in [0, 0.05) is 30.3 Å². The van der Waals surface area contributed by atoms with Gasteiger partial charge in [0.25, 0.3) is 0 Å². The summed E-state index contributed by atoms with van der Waals surface area (Å²) in [4.78, 5) is 18.7. The van der Waals surface area contributed by atoms with Crippen molar-refractivity contribution in [2.45, 2.75) is 33.3 Å². The molecule has 1 atom stereocenters. The Morgan fingerprint density at radius 1 is 1.33 bits per heavy atom. The highest BCUT2D eigenvalue weighted by atomic mass is 32.1. The zero-order valence-electron chi connectivity index (χ0n) is 15.9. The van der Waals surface area contributed by atoms with E-state index in [2.05, 4.69) is 29.4 Å². The van der Waals surface area contributed by atoms with Crippen LogP contribution in [0, 0.1) is 13.8 Å². The molecule has 0 bridgehead atoms. The fraction of sp³-hybridized carbons (Fsp3) is 0.333. The number of hydrogen-bond donors (Lipinski definition) is 1. The van der Waals surface area contributed by atoms with Gasteiger partial charge < -0.3 is 10.1 Å². The molecule has 5 nitrogen and oxygen atoms in total. The summed E-state index contributed by atoms with van der Waals surface area (Å²) in [5, 5.41) is 2.90. The summed E-state index contributed by atoms with van der Waals surface area (Å²) in [5.74, 6) is -0.104. The average Bonchev–Trinajstić information content (AvgIpc) is 3.15. The van der Waals surface area contributed by atoms with Gasteiger partial charge in [-0.1, -0.05) is 30.3 Å². The standard InChI is InChI=1S/C21H25N3O2S/c1-15-14-24-19(16(2)23-21(24)27-15)10-11-20(25)22-12-7-13-26-17(3)18-8-5-4-6-9-18/h4-6,8-11,14,17H,7,12-13H2,1-3H3,(H,22,25)/b11-10-/t17-/m0/s1. The SMILES string of the molecule is Cc1cn2c(/C=C\C(=O)NCCCO[C@@H](C)c3ccccc3)c(C)nc2s1. The van der Waals surface area contributed by atoms with Gasteiger partial charge in [0.1, 0.15) is 0 Å². The van der Waals surface area contributed by atoms with Gasteiger partial charge in [-0.2, -0.15) is 0 Å². The zero-order valence-corrected chi connectivity index (χ0v) is 16.8. The summed E-state index contributed by atoms with van der Waals surface area (Å²) in [6.45, 7) is 7.24. The van der Waals surface area contributed by atoms with Gasteiger partial charge >= 0.3 is 0 Å². The summed E-state index contributed by atoms with van der Waals surface area (Å²) in [5.41, 5.74) is 3.04. The maximum atomic E-state index is 12.0. The minimum absolute atomic E-state index is 0.0584. The molecule has 1 aromatic carbocycles. The normalized spacial score (nSPS) is 12.7. The quantitative estimate of drug-likeness (QED) is 0.466. The molecule has 0 aliphatic heterocycles. The Morgan fingerprint density at radius 2 is 2.11 bits per heavy atom. The fourth-order valence-electron chi connectivity index (χ4n) is 2.86. The number of nitrogens with one attached hydrogen (secondary N) is 1. The van der Waals surface area contributed by atoms with Crippen molar-refractivity contribution in [1.82, 2.24) is 14.7 Å². The Hall–Kier alpha value is -2.44. The van der Waals surface area contributed by atoms with Crippen molar-refractivity contribution in [3.05, 3.63) is 64.4 Å². The van der Waals surface area contributed by atoms with E-state index >= 15 is 0 Å². The van der Waals surface area contributed by atoms with Crippen molar-refractivity contribution in [3.8, 4) is 0 Å². The van der Waals surface area contributed by atoms with E-state index in [1.54, 1.807) is 17.4 Å². The lowest BCUT2D eigenvalue weighted by molar-refractivity contribution is -0.116. The first-order valence-electron chi connectivity index (χ1n) is 9.12. The molecule has 0 aliphatic rings. The van der Waals surface area contributed by atoms with Crippen molar-refractivity contribution in [2.75, 3.05) is 13.2 Å². The second kappa shape index (κ2) is 8.97. The predicted octanol–water partition coefficient (Wildman–Crippen LogP) is 4.31. The number of nitrogens with zero attached hydrogens (tertiary/aromatic N) is 2. The molecule has 0 radical (unpaired) electrons. The van der Waals surface area contributed by atoms with Gasteiger partial charge in [-0.05, 0) is 38.8 Å². The van der Waals surface area contributed by atoms with Crippen LogP contribution in [0.3, 0.4) is 0 Å². The zero-order chi connectivity index (χ0) is 19.2. The molecule has 0 spiro atoms. The maximum absolute atomic E-state index is 12.0. The maximum Gasteiger partial charge on any atom is 0.244 e. The number of amides is 1. The summed E-state index contributed by atoms with van der Waals surface area (Å²) in [7, 11) is 0. The second-order valence-corrected chi connectivity index (χ2v) is 7.69. The smallest absolute Gasteiger partial charge is 0.244 e. The van der Waals surface area contributed by atoms with E-state index in [9.17, 15) is 4.79 Å². The molecule has 2 heterocycles. The number of rotatable bonds is 8. The molecular weight excluding hydrogens is 358 g/mol. The van der Waals surface area contributed by atoms with Crippen molar-refractivity contribution in [1.29, 1.82) is 0 Å². The number of benzene rings is 1. The van der Waals surface area contributed by atoms with Crippen LogP contribution in [-0.2, 0) is 9.53 Å². The molecule has 0 saturated carbocycles. The molecule has 6 heteroatoms. The lowest BCUT2D eigenvalue weighted by Gasteiger charge is -2.13. The van der Waals surface area contributed by atoms with Gasteiger partial charge in [-0.25, -0.2) is 4.98 Å². The molecular formula is C21H25N3O2S. The van der Waals surface area contributed by atoms with E-state index < -0.39 is 0 Å². The molecule has 3 aromatic rings. The third kappa shape index (κ3) is 5.05. The summed E-state index contributed by atoms with van der Waals surface area (Å²) in [6, 6.07) is 10.1. The van der Waals surface area contributed by atoms with Crippen molar-refractivity contribution in [3.63, 3.8) is 0 Å². The second-order valence-electron chi connectivity index (χ2n) is 6.48. The summed E-state index contributed by atoms with van der Waals surface area (Å²) >= 11 is 1.64. The van der Waals surface area contributed by atoms with E-state index in [1.165, 1.54) is 4.88 Å². The number of aromatic nitrogens is 2. The minimum atomic E-state index is -0.104. The van der Waals surface area contributed by atoms with Gasteiger partial charge in [0.2, 0.25) is 5.91 Å². The molecule has 0 unspecified atom stereocenters. The van der Waals surface area contributed by atoms with E-state index in [0.29, 0.717) is 13.2 Å². The van der Waals surface area contributed by atoms with E-state index in [0.717, 1.165) is 28.3 Å². The Labute approximate surface area is 163 Å². The van der Waals surface area contributed by atoms with Crippen LogP contribution in [0.5, 0.6) is 0 Å². The summed E-state index contributed by atoms with van der Waals surface area (Å²) < 4.78 is 7.84. The highest BCUT2D eigenvalue weighted by Crippen LogP contribution is 2.21. The number of imidazole rings is 1. The first kappa shape index (κ1) is 19.3. The molecule has 0 aliphatic carbocycles. The van der Waals surface area contributed by atoms with Crippen molar-refractivity contribution < 1.29 is 9.53 Å². The van der Waals surface area contributed by atoms with E-state index in [1.807, 2.05) is 48.7 Å². The molecule has 142 valence electrons. The Kier molecular flexibility index (Phi) is 6.42. The van der Waals surface area contributed by atoms with E-state index in [4.69, 9.17) is 4.74 Å². The van der Waals surface area contributed by atoms with Crippen LogP contribution in [0.2, 0.25) is 0 Å².